The summed E-state index contributed by atoms with van der Waals surface area (Å²) in [5.41, 5.74) is 9.17. The molecule has 19 heavy (non-hydrogen) atoms. The molecule has 3 N–H and O–H groups in total. The number of hydrogen-bond donors (Lipinski definition) is 2. The van der Waals surface area contributed by atoms with Crippen molar-refractivity contribution in [3.8, 4) is 0 Å². The summed E-state index contributed by atoms with van der Waals surface area (Å²) < 4.78 is 5.42. The molecule has 0 fully saturated rings. The number of carbonyl (C=O) groups excluding carboxylic acids is 1. The van der Waals surface area contributed by atoms with Crippen LogP contribution in [0.5, 0.6) is 0 Å². The van der Waals surface area contributed by atoms with Crippen LogP contribution in [0.2, 0.25) is 0 Å². The van der Waals surface area contributed by atoms with Crippen LogP contribution in [0.4, 0.5) is 11.4 Å². The Labute approximate surface area is 112 Å². The molecule has 0 aliphatic carbocycles. The Morgan fingerprint density at radius 3 is 2.63 bits per heavy atom. The smallest absolute Gasteiger partial charge is 0.291 e. The summed E-state index contributed by atoms with van der Waals surface area (Å²) in [7, 11) is 0. The maximum Gasteiger partial charge on any atom is 0.291 e. The van der Waals surface area contributed by atoms with Crippen molar-refractivity contribution in [2.24, 2.45) is 0 Å². The highest BCUT2D eigenvalue weighted by molar-refractivity contribution is 6.02. The second-order valence-corrected chi connectivity index (χ2v) is 4.60. The van der Waals surface area contributed by atoms with Gasteiger partial charge in [0, 0.05) is 17.8 Å². The van der Waals surface area contributed by atoms with E-state index < -0.39 is 0 Å². The normalized spacial score (nSPS) is 10.5. The second-order valence-electron chi connectivity index (χ2n) is 4.60. The van der Waals surface area contributed by atoms with Gasteiger partial charge in [-0.3, -0.25) is 4.79 Å². The van der Waals surface area contributed by atoms with Crippen LogP contribution >= 0.6 is 0 Å². The number of hydrogen-bond acceptors (Lipinski definition) is 3. The van der Waals surface area contributed by atoms with Gasteiger partial charge in [-0.1, -0.05) is 6.92 Å². The average molecular weight is 258 g/mol. The van der Waals surface area contributed by atoms with Gasteiger partial charge in [-0.05, 0) is 49.2 Å². The number of anilines is 2. The zero-order chi connectivity index (χ0) is 14.0. The Kier molecular flexibility index (Phi) is 3.60. The number of carbonyl (C=O) groups is 1. The van der Waals surface area contributed by atoms with Gasteiger partial charge in [-0.25, -0.2) is 0 Å². The summed E-state index contributed by atoms with van der Waals surface area (Å²) in [6, 6.07) is 7.22. The third kappa shape index (κ3) is 2.78. The predicted octanol–water partition coefficient (Wildman–Crippen LogP) is 3.29. The Morgan fingerprint density at radius 2 is 2.00 bits per heavy atom. The first-order chi connectivity index (χ1) is 9.01. The molecule has 4 heteroatoms. The van der Waals surface area contributed by atoms with E-state index in [9.17, 15) is 4.79 Å². The fourth-order valence-electron chi connectivity index (χ4n) is 1.85. The van der Waals surface area contributed by atoms with E-state index in [2.05, 4.69) is 5.32 Å². The number of benzene rings is 1. The van der Waals surface area contributed by atoms with E-state index in [1.54, 1.807) is 6.07 Å². The van der Waals surface area contributed by atoms with Crippen molar-refractivity contribution in [3.63, 3.8) is 0 Å². The summed E-state index contributed by atoms with van der Waals surface area (Å²) in [4.78, 5) is 12.1. The molecule has 100 valence electrons. The lowest BCUT2D eigenvalue weighted by molar-refractivity contribution is 0.0995. The van der Waals surface area contributed by atoms with Crippen molar-refractivity contribution < 1.29 is 9.21 Å². The van der Waals surface area contributed by atoms with Gasteiger partial charge in [0.2, 0.25) is 0 Å². The number of nitrogens with one attached hydrogen (secondary N) is 1. The summed E-state index contributed by atoms with van der Waals surface area (Å²) in [6.45, 7) is 5.80. The van der Waals surface area contributed by atoms with Crippen LogP contribution in [0.3, 0.4) is 0 Å². The number of nitrogen functional groups attached to an aromatic ring is 1. The van der Waals surface area contributed by atoms with Crippen molar-refractivity contribution in [2.75, 3.05) is 11.1 Å². The molecule has 0 aliphatic heterocycles. The lowest BCUT2D eigenvalue weighted by Crippen LogP contribution is -2.12. The summed E-state index contributed by atoms with van der Waals surface area (Å²) in [5.74, 6) is 0.882. The molecule has 0 saturated heterocycles. The molecule has 0 radical (unpaired) electrons. The van der Waals surface area contributed by atoms with Crippen molar-refractivity contribution in [2.45, 2.75) is 27.2 Å². The molecular formula is C15H18N2O2. The van der Waals surface area contributed by atoms with Crippen LogP contribution in [0.15, 0.2) is 28.7 Å². The standard InChI is InChI=1S/C15H18N2O2/c1-4-11-5-6-14(19-11)15(18)17-13-8-9(2)12(16)7-10(13)3/h5-8H,4,16H2,1-3H3,(H,17,18). The van der Waals surface area contributed by atoms with Gasteiger partial charge in [-0.2, -0.15) is 0 Å². The first-order valence-electron chi connectivity index (χ1n) is 6.28. The maximum atomic E-state index is 12.1. The number of aryl methyl sites for hydroxylation is 3. The van der Waals surface area contributed by atoms with Crippen molar-refractivity contribution in [1.29, 1.82) is 0 Å². The molecule has 2 aromatic rings. The largest absolute Gasteiger partial charge is 0.456 e. The average Bonchev–Trinajstić information content (AvgIpc) is 2.84. The van der Waals surface area contributed by atoms with E-state index in [1.807, 2.05) is 39.0 Å². The highest BCUT2D eigenvalue weighted by atomic mass is 16.3. The van der Waals surface area contributed by atoms with Crippen molar-refractivity contribution >= 4 is 17.3 Å². The van der Waals surface area contributed by atoms with Gasteiger partial charge in [0.1, 0.15) is 5.76 Å². The molecule has 1 heterocycles. The second kappa shape index (κ2) is 5.18. The third-order valence-corrected chi connectivity index (χ3v) is 3.10. The molecule has 4 nitrogen and oxygen atoms in total. The minimum absolute atomic E-state index is 0.244. The first kappa shape index (κ1) is 13.2. The van der Waals surface area contributed by atoms with Crippen LogP contribution in [0.1, 0.15) is 34.4 Å². The molecule has 1 amide bonds. The van der Waals surface area contributed by atoms with Crippen LogP contribution in [0, 0.1) is 13.8 Å². The van der Waals surface area contributed by atoms with Crippen LogP contribution in [-0.2, 0) is 6.42 Å². The van der Waals surface area contributed by atoms with E-state index in [0.717, 1.165) is 34.7 Å². The third-order valence-electron chi connectivity index (χ3n) is 3.10. The molecule has 0 unspecified atom stereocenters. The lowest BCUT2D eigenvalue weighted by atomic mass is 10.1. The Hall–Kier alpha value is -2.23. The molecular weight excluding hydrogens is 240 g/mol. The molecule has 1 aromatic heterocycles. The number of nitrogens with two attached hydrogens (primary N) is 1. The van der Waals surface area contributed by atoms with E-state index in [1.165, 1.54) is 0 Å². The van der Waals surface area contributed by atoms with E-state index in [0.29, 0.717) is 5.76 Å². The fourth-order valence-corrected chi connectivity index (χ4v) is 1.85. The van der Waals surface area contributed by atoms with Crippen LogP contribution < -0.4 is 11.1 Å². The molecule has 2 rings (SSSR count). The van der Waals surface area contributed by atoms with Crippen molar-refractivity contribution in [1.82, 2.24) is 0 Å². The highest BCUT2D eigenvalue weighted by Gasteiger charge is 2.12. The molecule has 0 bridgehead atoms. The Balaban J connectivity index is 2.21. The minimum Gasteiger partial charge on any atom is -0.456 e. The number of rotatable bonds is 3. The van der Waals surface area contributed by atoms with Gasteiger partial charge >= 0.3 is 0 Å². The number of amides is 1. The van der Waals surface area contributed by atoms with Crippen LogP contribution in [0.25, 0.3) is 0 Å². The monoisotopic (exact) mass is 258 g/mol. The van der Waals surface area contributed by atoms with E-state index in [4.69, 9.17) is 10.2 Å². The molecule has 0 spiro atoms. The lowest BCUT2D eigenvalue weighted by Gasteiger charge is -2.10. The van der Waals surface area contributed by atoms with Gasteiger partial charge in [0.15, 0.2) is 5.76 Å². The van der Waals surface area contributed by atoms with Gasteiger partial charge in [0.05, 0.1) is 0 Å². The molecule has 0 saturated carbocycles. The van der Waals surface area contributed by atoms with Crippen LogP contribution in [-0.4, -0.2) is 5.91 Å². The Bertz CT molecular complexity index is 615. The molecule has 0 aliphatic rings. The molecule has 1 aromatic carbocycles. The minimum atomic E-state index is -0.244. The topological polar surface area (TPSA) is 68.3 Å². The zero-order valence-electron chi connectivity index (χ0n) is 11.4. The summed E-state index contributed by atoms with van der Waals surface area (Å²) >= 11 is 0. The van der Waals surface area contributed by atoms with E-state index >= 15 is 0 Å². The molecule has 0 atom stereocenters. The Morgan fingerprint density at radius 1 is 1.26 bits per heavy atom. The SMILES string of the molecule is CCc1ccc(C(=O)Nc2cc(C)c(N)cc2C)o1. The van der Waals surface area contributed by atoms with Crippen molar-refractivity contribution in [3.05, 3.63) is 46.9 Å². The van der Waals surface area contributed by atoms with Gasteiger partial charge in [-0.15, -0.1) is 0 Å². The fraction of sp³-hybridized carbons (Fsp3) is 0.267. The first-order valence-corrected chi connectivity index (χ1v) is 6.28. The predicted molar refractivity (Wildman–Crippen MR) is 76.4 cm³/mol. The van der Waals surface area contributed by atoms with Gasteiger partial charge < -0.3 is 15.5 Å². The maximum absolute atomic E-state index is 12.1. The highest BCUT2D eigenvalue weighted by Crippen LogP contribution is 2.23. The van der Waals surface area contributed by atoms with Gasteiger partial charge in [0.25, 0.3) is 5.91 Å². The summed E-state index contributed by atoms with van der Waals surface area (Å²) in [5, 5.41) is 2.84. The number of furan rings is 1. The van der Waals surface area contributed by atoms with E-state index in [-0.39, 0.29) is 5.91 Å². The quantitative estimate of drug-likeness (QED) is 0.830. The zero-order valence-corrected chi connectivity index (χ0v) is 11.4. The summed E-state index contributed by atoms with van der Waals surface area (Å²) in [6.07, 6.45) is 0.771.